The number of aliphatic carboxylic acids is 1. The molecule has 1 saturated carbocycles. The molecule has 0 unspecified atom stereocenters. The standard InChI is InChI=1S/C22H27N3.C2HF3O2/c1-22(2)11-3-4-19(13-22)23-14-16-5-7-17(8-6-16)18-9-10-20-21(12-18)25-15-24-20;3-2(4,5)1(6)7/h5-10,12,15,19,23H,3-4,11,13-14H2,1-2H3,(H,24,25);(H,6,7)/t19-;/m0./s1. The van der Waals surface area contributed by atoms with Gasteiger partial charge in [0, 0.05) is 12.6 Å². The van der Waals surface area contributed by atoms with E-state index in [2.05, 4.69) is 71.6 Å². The van der Waals surface area contributed by atoms with Gasteiger partial charge < -0.3 is 15.4 Å². The van der Waals surface area contributed by atoms with E-state index in [1.54, 1.807) is 6.33 Å². The highest BCUT2D eigenvalue weighted by molar-refractivity contribution is 5.81. The summed E-state index contributed by atoms with van der Waals surface area (Å²) in [5.41, 5.74) is 6.40. The maximum atomic E-state index is 10.6. The summed E-state index contributed by atoms with van der Waals surface area (Å²) in [5, 5.41) is 10.9. The zero-order valence-electron chi connectivity index (χ0n) is 18.2. The highest BCUT2D eigenvalue weighted by Gasteiger charge is 2.38. The smallest absolute Gasteiger partial charge is 0.475 e. The molecule has 1 aliphatic carbocycles. The fourth-order valence-electron chi connectivity index (χ4n) is 4.06. The number of hydrogen-bond donors (Lipinski definition) is 3. The van der Waals surface area contributed by atoms with Crippen LogP contribution in [0.1, 0.15) is 45.1 Å². The number of carboxylic acids is 1. The number of aromatic nitrogens is 2. The number of imidazole rings is 1. The van der Waals surface area contributed by atoms with Crippen LogP contribution in [0.3, 0.4) is 0 Å². The van der Waals surface area contributed by atoms with E-state index in [0.717, 1.165) is 17.6 Å². The topological polar surface area (TPSA) is 78.0 Å². The van der Waals surface area contributed by atoms with Crippen LogP contribution in [0, 0.1) is 5.41 Å². The Morgan fingerprint density at radius 1 is 1.19 bits per heavy atom. The molecular formula is C24H28F3N3O2. The Morgan fingerprint density at radius 3 is 2.47 bits per heavy atom. The monoisotopic (exact) mass is 447 g/mol. The van der Waals surface area contributed by atoms with Gasteiger partial charge in [-0.15, -0.1) is 0 Å². The van der Waals surface area contributed by atoms with Crippen LogP contribution >= 0.6 is 0 Å². The van der Waals surface area contributed by atoms with E-state index in [0.29, 0.717) is 11.5 Å². The Morgan fingerprint density at radius 2 is 1.84 bits per heavy atom. The van der Waals surface area contributed by atoms with E-state index in [1.165, 1.54) is 42.4 Å². The first kappa shape index (κ1) is 23.8. The van der Waals surface area contributed by atoms with Crippen LogP contribution in [0.5, 0.6) is 0 Å². The number of nitrogens with one attached hydrogen (secondary N) is 2. The van der Waals surface area contributed by atoms with Gasteiger partial charge in [-0.25, -0.2) is 9.78 Å². The normalized spacial score (nSPS) is 18.1. The number of aromatic amines is 1. The lowest BCUT2D eigenvalue weighted by molar-refractivity contribution is -0.192. The average molecular weight is 448 g/mol. The second kappa shape index (κ2) is 9.73. The zero-order valence-corrected chi connectivity index (χ0v) is 18.2. The van der Waals surface area contributed by atoms with Gasteiger partial charge in [-0.3, -0.25) is 0 Å². The van der Waals surface area contributed by atoms with Crippen LogP contribution < -0.4 is 5.32 Å². The third-order valence-corrected chi connectivity index (χ3v) is 5.75. The lowest BCUT2D eigenvalue weighted by Gasteiger charge is -2.35. The van der Waals surface area contributed by atoms with Crippen molar-refractivity contribution in [3.8, 4) is 11.1 Å². The molecule has 172 valence electrons. The molecule has 0 bridgehead atoms. The summed E-state index contributed by atoms with van der Waals surface area (Å²) in [4.78, 5) is 16.4. The molecule has 3 aromatic rings. The summed E-state index contributed by atoms with van der Waals surface area (Å²) < 4.78 is 31.7. The van der Waals surface area contributed by atoms with Crippen LogP contribution in [0.15, 0.2) is 48.8 Å². The van der Waals surface area contributed by atoms with Gasteiger partial charge in [-0.1, -0.05) is 50.6 Å². The minimum Gasteiger partial charge on any atom is -0.475 e. The van der Waals surface area contributed by atoms with Crippen molar-refractivity contribution in [2.24, 2.45) is 5.41 Å². The Labute approximate surface area is 185 Å². The molecule has 5 nitrogen and oxygen atoms in total. The fraction of sp³-hybridized carbons (Fsp3) is 0.417. The molecular weight excluding hydrogens is 419 g/mol. The summed E-state index contributed by atoms with van der Waals surface area (Å²) in [6, 6.07) is 16.0. The molecule has 0 radical (unpaired) electrons. The predicted molar refractivity (Wildman–Crippen MR) is 118 cm³/mol. The summed E-state index contributed by atoms with van der Waals surface area (Å²) in [6.45, 7) is 5.75. The first-order valence-electron chi connectivity index (χ1n) is 10.6. The molecule has 0 spiro atoms. The maximum Gasteiger partial charge on any atom is 0.490 e. The minimum atomic E-state index is -5.08. The number of fused-ring (bicyclic) bond motifs is 1. The van der Waals surface area contributed by atoms with Gasteiger partial charge >= 0.3 is 12.1 Å². The summed E-state index contributed by atoms with van der Waals surface area (Å²) in [6.07, 6.45) is 1.97. The molecule has 0 saturated heterocycles. The molecule has 0 aliphatic heterocycles. The van der Waals surface area contributed by atoms with Crippen molar-refractivity contribution in [1.29, 1.82) is 0 Å². The molecule has 1 aromatic heterocycles. The van der Waals surface area contributed by atoms with Crippen molar-refractivity contribution in [1.82, 2.24) is 15.3 Å². The molecule has 32 heavy (non-hydrogen) atoms. The molecule has 8 heteroatoms. The van der Waals surface area contributed by atoms with E-state index in [9.17, 15) is 13.2 Å². The van der Waals surface area contributed by atoms with Crippen LogP contribution in [0.25, 0.3) is 22.2 Å². The van der Waals surface area contributed by atoms with Gasteiger partial charge in [0.05, 0.1) is 17.4 Å². The number of rotatable bonds is 4. The van der Waals surface area contributed by atoms with Crippen molar-refractivity contribution in [3.63, 3.8) is 0 Å². The number of benzene rings is 2. The number of halogens is 3. The Bertz CT molecular complexity index is 1040. The summed E-state index contributed by atoms with van der Waals surface area (Å²) in [7, 11) is 0. The lowest BCUT2D eigenvalue weighted by Crippen LogP contribution is -2.36. The van der Waals surface area contributed by atoms with Gasteiger partial charge in [0.25, 0.3) is 0 Å². The number of carboxylic acid groups (broad SMARTS) is 1. The third-order valence-electron chi connectivity index (χ3n) is 5.75. The van der Waals surface area contributed by atoms with Gasteiger partial charge in [0.1, 0.15) is 0 Å². The summed E-state index contributed by atoms with van der Waals surface area (Å²) in [5.74, 6) is -2.76. The second-order valence-electron chi connectivity index (χ2n) is 8.97. The van der Waals surface area contributed by atoms with Gasteiger partial charge in [0.15, 0.2) is 0 Å². The molecule has 1 aliphatic rings. The Kier molecular flexibility index (Phi) is 7.23. The molecule has 2 aromatic carbocycles. The maximum absolute atomic E-state index is 10.6. The molecule has 0 amide bonds. The number of nitrogens with zero attached hydrogens (tertiary/aromatic N) is 1. The molecule has 3 N–H and O–H groups in total. The molecule has 1 fully saturated rings. The Balaban J connectivity index is 0.000000360. The number of hydrogen-bond acceptors (Lipinski definition) is 3. The van der Waals surface area contributed by atoms with Crippen LogP contribution in [-0.2, 0) is 11.3 Å². The largest absolute Gasteiger partial charge is 0.490 e. The van der Waals surface area contributed by atoms with Crippen molar-refractivity contribution in [3.05, 3.63) is 54.4 Å². The highest BCUT2D eigenvalue weighted by Crippen LogP contribution is 2.35. The van der Waals surface area contributed by atoms with Crippen molar-refractivity contribution >= 4 is 17.0 Å². The SMILES string of the molecule is CC1(C)CCC[C@H](NCc2ccc(-c3ccc4[nH]cnc4c3)cc2)C1.O=C(O)C(F)(F)F. The minimum absolute atomic E-state index is 0.491. The van der Waals surface area contributed by atoms with E-state index in [-0.39, 0.29) is 0 Å². The van der Waals surface area contributed by atoms with E-state index in [4.69, 9.17) is 9.90 Å². The molecule has 1 atom stereocenters. The van der Waals surface area contributed by atoms with Gasteiger partial charge in [-0.05, 0) is 53.5 Å². The fourth-order valence-corrected chi connectivity index (χ4v) is 4.06. The van der Waals surface area contributed by atoms with Crippen LogP contribution in [0.4, 0.5) is 13.2 Å². The highest BCUT2D eigenvalue weighted by atomic mass is 19.4. The zero-order chi connectivity index (χ0) is 23.4. The Hall–Kier alpha value is -2.87. The number of carbonyl (C=O) groups is 1. The van der Waals surface area contributed by atoms with E-state index < -0.39 is 12.1 Å². The van der Waals surface area contributed by atoms with Gasteiger partial charge in [-0.2, -0.15) is 13.2 Å². The molecule has 1 heterocycles. The van der Waals surface area contributed by atoms with E-state index >= 15 is 0 Å². The summed E-state index contributed by atoms with van der Waals surface area (Å²) >= 11 is 0. The quantitative estimate of drug-likeness (QED) is 0.464. The lowest BCUT2D eigenvalue weighted by atomic mass is 9.75. The first-order chi connectivity index (χ1) is 15.0. The number of alkyl halides is 3. The number of H-pyrrole nitrogens is 1. The van der Waals surface area contributed by atoms with Crippen LogP contribution in [0.2, 0.25) is 0 Å². The van der Waals surface area contributed by atoms with Crippen LogP contribution in [-0.4, -0.2) is 33.3 Å². The molecule has 4 rings (SSSR count). The predicted octanol–water partition coefficient (Wildman–Crippen LogP) is 5.92. The van der Waals surface area contributed by atoms with Crippen molar-refractivity contribution in [2.45, 2.75) is 58.3 Å². The third kappa shape index (κ3) is 6.56. The van der Waals surface area contributed by atoms with Crippen molar-refractivity contribution < 1.29 is 23.1 Å². The van der Waals surface area contributed by atoms with E-state index in [1.807, 2.05) is 0 Å². The first-order valence-corrected chi connectivity index (χ1v) is 10.6. The van der Waals surface area contributed by atoms with Gasteiger partial charge in [0.2, 0.25) is 0 Å². The van der Waals surface area contributed by atoms with Crippen molar-refractivity contribution in [2.75, 3.05) is 0 Å². The second-order valence-corrected chi connectivity index (χ2v) is 8.97. The average Bonchev–Trinajstić information content (AvgIpc) is 3.20.